The predicted octanol–water partition coefficient (Wildman–Crippen LogP) is 4.16. The summed E-state index contributed by atoms with van der Waals surface area (Å²) >= 11 is 1.46. The summed E-state index contributed by atoms with van der Waals surface area (Å²) in [5.41, 5.74) is 0.748. The monoisotopic (exact) mass is 320 g/mol. The van der Waals surface area contributed by atoms with Gasteiger partial charge in [-0.3, -0.25) is 4.84 Å². The van der Waals surface area contributed by atoms with Crippen LogP contribution in [0.25, 0.3) is 0 Å². The number of carbonyl (C=O) groups excluding carboxylic acids is 1. The summed E-state index contributed by atoms with van der Waals surface area (Å²) in [5, 5.41) is 8.49. The molecule has 0 saturated heterocycles. The fourth-order valence-electron chi connectivity index (χ4n) is 1.68. The van der Waals surface area contributed by atoms with Gasteiger partial charge in [-0.15, -0.1) is 11.3 Å². The van der Waals surface area contributed by atoms with Crippen LogP contribution in [0.15, 0.2) is 46.9 Å². The first-order valence-corrected chi connectivity index (χ1v) is 7.60. The van der Waals surface area contributed by atoms with Crippen LogP contribution in [0.2, 0.25) is 0 Å². The molecule has 0 spiro atoms. The Kier molecular flexibility index (Phi) is 4.92. The fourth-order valence-corrected chi connectivity index (χ4v) is 2.40. The molecule has 1 aromatic carbocycles. The van der Waals surface area contributed by atoms with E-state index in [2.05, 4.69) is 10.5 Å². The van der Waals surface area contributed by atoms with Gasteiger partial charge in [-0.1, -0.05) is 11.2 Å². The largest absolute Gasteiger partial charge is 0.433 e. The van der Waals surface area contributed by atoms with Crippen LogP contribution >= 0.6 is 11.3 Å². The summed E-state index contributed by atoms with van der Waals surface area (Å²) in [4.78, 5) is 17.5. The van der Waals surface area contributed by atoms with E-state index < -0.39 is 11.6 Å². The molecular formula is C16H17FN2O2S. The molecule has 0 atom stereocenters. The molecule has 2 aromatic rings. The number of thiophene rings is 1. The van der Waals surface area contributed by atoms with Crippen molar-refractivity contribution in [1.29, 1.82) is 0 Å². The van der Waals surface area contributed by atoms with Gasteiger partial charge in [0.1, 0.15) is 11.5 Å². The number of hydrogen-bond acceptors (Lipinski definition) is 4. The Bertz CT molecular complexity index is 658. The second-order valence-corrected chi connectivity index (χ2v) is 6.63. The molecule has 0 aliphatic rings. The lowest BCUT2D eigenvalue weighted by Crippen LogP contribution is -2.40. The van der Waals surface area contributed by atoms with E-state index >= 15 is 0 Å². The van der Waals surface area contributed by atoms with Gasteiger partial charge in [0, 0.05) is 11.1 Å². The van der Waals surface area contributed by atoms with Crippen LogP contribution in [0.1, 0.15) is 31.2 Å². The van der Waals surface area contributed by atoms with Crippen molar-refractivity contribution >= 4 is 23.1 Å². The summed E-state index contributed by atoms with van der Waals surface area (Å²) in [6.45, 7) is 5.54. The molecule has 0 unspecified atom stereocenters. The highest BCUT2D eigenvalue weighted by Crippen LogP contribution is 2.17. The van der Waals surface area contributed by atoms with Crippen molar-refractivity contribution in [1.82, 2.24) is 5.32 Å². The van der Waals surface area contributed by atoms with E-state index in [1.807, 2.05) is 38.3 Å². The van der Waals surface area contributed by atoms with Gasteiger partial charge in [0.25, 0.3) is 0 Å². The van der Waals surface area contributed by atoms with Gasteiger partial charge >= 0.3 is 6.09 Å². The zero-order valence-corrected chi connectivity index (χ0v) is 13.4. The van der Waals surface area contributed by atoms with Crippen molar-refractivity contribution in [2.24, 2.45) is 5.16 Å². The molecule has 116 valence electrons. The lowest BCUT2D eigenvalue weighted by molar-refractivity contribution is 0.142. The minimum absolute atomic E-state index is 0.333. The van der Waals surface area contributed by atoms with Crippen LogP contribution in [0, 0.1) is 5.82 Å². The summed E-state index contributed by atoms with van der Waals surface area (Å²) < 4.78 is 13.1. The minimum atomic E-state index is -0.635. The summed E-state index contributed by atoms with van der Waals surface area (Å²) in [7, 11) is 0. The molecule has 0 fully saturated rings. The molecular weight excluding hydrogens is 303 g/mol. The maximum absolute atomic E-state index is 13.1. The molecule has 1 amide bonds. The third kappa shape index (κ3) is 4.66. The Morgan fingerprint density at radius 2 is 1.91 bits per heavy atom. The molecule has 0 aliphatic heterocycles. The normalized spacial score (nSPS) is 12.1. The van der Waals surface area contributed by atoms with Gasteiger partial charge < -0.3 is 5.32 Å². The van der Waals surface area contributed by atoms with Crippen LogP contribution in [0.4, 0.5) is 9.18 Å². The fraction of sp³-hybridized carbons (Fsp3) is 0.250. The number of halogens is 1. The second-order valence-electron chi connectivity index (χ2n) is 5.68. The predicted molar refractivity (Wildman–Crippen MR) is 85.7 cm³/mol. The number of benzene rings is 1. The first-order valence-electron chi connectivity index (χ1n) is 6.72. The lowest BCUT2D eigenvalue weighted by atomic mass is 10.1. The highest BCUT2D eigenvalue weighted by molar-refractivity contribution is 7.12. The Morgan fingerprint density at radius 3 is 2.45 bits per heavy atom. The maximum Gasteiger partial charge on any atom is 0.433 e. The van der Waals surface area contributed by atoms with E-state index in [-0.39, 0.29) is 5.82 Å². The smallest absolute Gasteiger partial charge is 0.315 e. The molecule has 6 heteroatoms. The van der Waals surface area contributed by atoms with Crippen LogP contribution in [0.5, 0.6) is 0 Å². The number of nitrogens with one attached hydrogen (secondary N) is 1. The molecule has 0 radical (unpaired) electrons. The van der Waals surface area contributed by atoms with Crippen LogP contribution < -0.4 is 5.32 Å². The highest BCUT2D eigenvalue weighted by Gasteiger charge is 2.16. The molecule has 0 bridgehead atoms. The Hall–Kier alpha value is -2.21. The van der Waals surface area contributed by atoms with Crippen LogP contribution in [-0.2, 0) is 4.84 Å². The topological polar surface area (TPSA) is 50.7 Å². The average Bonchev–Trinajstić information content (AvgIpc) is 2.93. The van der Waals surface area contributed by atoms with E-state index in [1.54, 1.807) is 12.1 Å². The Balaban J connectivity index is 2.24. The van der Waals surface area contributed by atoms with Crippen molar-refractivity contribution in [2.75, 3.05) is 0 Å². The van der Waals surface area contributed by atoms with E-state index in [9.17, 15) is 9.18 Å². The molecule has 1 aromatic heterocycles. The standard InChI is InChI=1S/C16H17FN2O2S/c1-16(2,3)18-15(20)21-19-14(13-5-4-10-22-13)11-6-8-12(17)9-7-11/h4-10H,1-3H3,(H,18,20)/b19-14-. The number of amides is 1. The van der Waals surface area contributed by atoms with Crippen molar-refractivity contribution in [3.8, 4) is 0 Å². The number of oxime groups is 1. The lowest BCUT2D eigenvalue weighted by Gasteiger charge is -2.18. The second kappa shape index (κ2) is 6.70. The summed E-state index contributed by atoms with van der Waals surface area (Å²) in [6.07, 6.45) is -0.635. The van der Waals surface area contributed by atoms with Gasteiger partial charge in [-0.2, -0.15) is 0 Å². The third-order valence-electron chi connectivity index (χ3n) is 2.57. The quantitative estimate of drug-likeness (QED) is 0.524. The summed E-state index contributed by atoms with van der Waals surface area (Å²) in [6, 6.07) is 9.60. The van der Waals surface area contributed by atoms with E-state index in [0.29, 0.717) is 11.3 Å². The van der Waals surface area contributed by atoms with E-state index in [4.69, 9.17) is 4.84 Å². The first kappa shape index (κ1) is 16.2. The SMILES string of the molecule is CC(C)(C)NC(=O)O/N=C(/c1ccc(F)cc1)c1cccs1. The zero-order valence-electron chi connectivity index (χ0n) is 12.6. The number of carbonyl (C=O) groups is 1. The van der Waals surface area contributed by atoms with Crippen LogP contribution in [-0.4, -0.2) is 17.3 Å². The number of rotatable bonds is 3. The van der Waals surface area contributed by atoms with Gasteiger partial charge in [0.2, 0.25) is 0 Å². The Morgan fingerprint density at radius 1 is 1.23 bits per heavy atom. The third-order valence-corrected chi connectivity index (χ3v) is 3.45. The maximum atomic E-state index is 13.1. The molecule has 0 aliphatic carbocycles. The molecule has 2 rings (SSSR count). The van der Waals surface area contributed by atoms with Gasteiger partial charge in [0.05, 0.1) is 4.88 Å². The van der Waals surface area contributed by atoms with E-state index in [1.165, 1.54) is 23.5 Å². The highest BCUT2D eigenvalue weighted by atomic mass is 32.1. The van der Waals surface area contributed by atoms with Gasteiger partial charge in [0.15, 0.2) is 0 Å². The molecule has 4 nitrogen and oxygen atoms in total. The molecule has 1 N–H and O–H groups in total. The first-order chi connectivity index (χ1) is 10.3. The van der Waals surface area contributed by atoms with Crippen molar-refractivity contribution in [3.63, 3.8) is 0 Å². The number of nitrogens with zero attached hydrogens (tertiary/aromatic N) is 1. The van der Waals surface area contributed by atoms with Gasteiger partial charge in [-0.25, -0.2) is 9.18 Å². The van der Waals surface area contributed by atoms with Crippen molar-refractivity contribution < 1.29 is 14.0 Å². The van der Waals surface area contributed by atoms with Crippen molar-refractivity contribution in [3.05, 3.63) is 58.0 Å². The van der Waals surface area contributed by atoms with Gasteiger partial charge in [-0.05, 0) is 56.5 Å². The minimum Gasteiger partial charge on any atom is -0.315 e. The average molecular weight is 320 g/mol. The van der Waals surface area contributed by atoms with Crippen molar-refractivity contribution in [2.45, 2.75) is 26.3 Å². The zero-order chi connectivity index (χ0) is 16.2. The number of hydrogen-bond donors (Lipinski definition) is 1. The molecule has 1 heterocycles. The summed E-state index contributed by atoms with van der Waals surface area (Å²) in [5.74, 6) is -0.333. The van der Waals surface area contributed by atoms with Crippen LogP contribution in [0.3, 0.4) is 0 Å². The Labute approximate surface area is 132 Å². The molecule has 0 saturated carbocycles. The molecule has 22 heavy (non-hydrogen) atoms. The van der Waals surface area contributed by atoms with E-state index in [0.717, 1.165) is 4.88 Å².